The van der Waals surface area contributed by atoms with Crippen LogP contribution in [-0.4, -0.2) is 4.57 Å². The van der Waals surface area contributed by atoms with Crippen molar-refractivity contribution in [2.24, 2.45) is 0 Å². The summed E-state index contributed by atoms with van der Waals surface area (Å²) < 4.78 is 2.42. The third-order valence-electron chi connectivity index (χ3n) is 7.86. The lowest BCUT2D eigenvalue weighted by molar-refractivity contribution is 1.03. The number of hydrogen-bond donors (Lipinski definition) is 0. The van der Waals surface area contributed by atoms with Crippen LogP contribution in [0.5, 0.6) is 0 Å². The van der Waals surface area contributed by atoms with Crippen LogP contribution in [-0.2, 0) is 0 Å². The van der Waals surface area contributed by atoms with Gasteiger partial charge in [-0.05, 0) is 62.9 Å². The number of aromatic nitrogens is 1. The molecule has 1 aliphatic rings. The highest BCUT2D eigenvalue weighted by Gasteiger charge is 2.32. The van der Waals surface area contributed by atoms with Crippen molar-refractivity contribution < 1.29 is 0 Å². The minimum atomic E-state index is 0.213. The van der Waals surface area contributed by atoms with E-state index in [-0.39, 0.29) is 5.92 Å². The van der Waals surface area contributed by atoms with Crippen LogP contribution in [0.15, 0.2) is 133 Å². The van der Waals surface area contributed by atoms with Crippen molar-refractivity contribution in [1.29, 1.82) is 0 Å². The first kappa shape index (κ1) is 19.7. The van der Waals surface area contributed by atoms with E-state index in [0.29, 0.717) is 0 Å². The molecule has 0 N–H and O–H groups in total. The lowest BCUT2D eigenvalue weighted by Gasteiger charge is -2.17. The van der Waals surface area contributed by atoms with E-state index in [4.69, 9.17) is 0 Å². The van der Waals surface area contributed by atoms with Gasteiger partial charge in [-0.15, -0.1) is 0 Å². The van der Waals surface area contributed by atoms with Gasteiger partial charge in [0.2, 0.25) is 0 Å². The molecule has 0 aliphatic heterocycles. The molecular weight excluding hydrogens is 434 g/mol. The highest BCUT2D eigenvalue weighted by Crippen LogP contribution is 2.52. The van der Waals surface area contributed by atoms with Gasteiger partial charge < -0.3 is 4.57 Å². The molecule has 168 valence electrons. The Balaban J connectivity index is 1.58. The molecule has 36 heavy (non-hydrogen) atoms. The van der Waals surface area contributed by atoms with Gasteiger partial charge in [-0.3, -0.25) is 0 Å². The first-order valence-corrected chi connectivity index (χ1v) is 12.6. The van der Waals surface area contributed by atoms with Gasteiger partial charge in [-0.2, -0.15) is 0 Å². The molecule has 1 heteroatoms. The summed E-state index contributed by atoms with van der Waals surface area (Å²) in [5.74, 6) is 0.213. The number of benzene rings is 6. The quantitative estimate of drug-likeness (QED) is 0.244. The second-order valence-electron chi connectivity index (χ2n) is 9.70. The zero-order chi connectivity index (χ0) is 23.6. The van der Waals surface area contributed by atoms with Gasteiger partial charge in [0.15, 0.2) is 0 Å². The standard InChI is InChI=1S/C35H23N/c1-3-11-23(12-4-1)32-27-16-8-7-15-26(27)28-21-19-24-20-22-31-34(33(24)35(28)32)29-17-9-10-18-30(29)36(31)25-13-5-2-6-14-25/h1-22,32H. The Morgan fingerprint density at radius 3 is 2.03 bits per heavy atom. The molecule has 1 heterocycles. The maximum Gasteiger partial charge on any atom is 0.0547 e. The minimum absolute atomic E-state index is 0.213. The van der Waals surface area contributed by atoms with Crippen LogP contribution in [0.25, 0.3) is 49.4 Å². The zero-order valence-corrected chi connectivity index (χ0v) is 19.7. The van der Waals surface area contributed by atoms with Crippen molar-refractivity contribution in [2.75, 3.05) is 0 Å². The first-order valence-electron chi connectivity index (χ1n) is 12.6. The molecule has 1 nitrogen and oxygen atoms in total. The Kier molecular flexibility index (Phi) is 4.06. The average Bonchev–Trinajstić information content (AvgIpc) is 3.47. The molecule has 0 fully saturated rings. The summed E-state index contributed by atoms with van der Waals surface area (Å²) in [7, 11) is 0. The summed E-state index contributed by atoms with van der Waals surface area (Å²) >= 11 is 0. The van der Waals surface area contributed by atoms with Crippen molar-refractivity contribution in [3.63, 3.8) is 0 Å². The van der Waals surface area contributed by atoms with Gasteiger partial charge in [-0.25, -0.2) is 0 Å². The smallest absolute Gasteiger partial charge is 0.0547 e. The van der Waals surface area contributed by atoms with E-state index in [2.05, 4.69) is 138 Å². The fraction of sp³-hybridized carbons (Fsp3) is 0.0286. The van der Waals surface area contributed by atoms with Gasteiger partial charge in [0, 0.05) is 22.4 Å². The van der Waals surface area contributed by atoms with Crippen molar-refractivity contribution in [1.82, 2.24) is 4.57 Å². The van der Waals surface area contributed by atoms with Gasteiger partial charge in [0.05, 0.1) is 11.0 Å². The fourth-order valence-electron chi connectivity index (χ4n) is 6.43. The van der Waals surface area contributed by atoms with Crippen molar-refractivity contribution in [3.05, 3.63) is 150 Å². The van der Waals surface area contributed by atoms with Crippen LogP contribution in [0, 0.1) is 0 Å². The van der Waals surface area contributed by atoms with Crippen molar-refractivity contribution in [3.8, 4) is 16.8 Å². The van der Waals surface area contributed by atoms with E-state index in [0.717, 1.165) is 0 Å². The summed E-state index contributed by atoms with van der Waals surface area (Å²) in [6.07, 6.45) is 0. The number of rotatable bonds is 2. The molecule has 8 rings (SSSR count). The van der Waals surface area contributed by atoms with Crippen LogP contribution in [0.2, 0.25) is 0 Å². The maximum absolute atomic E-state index is 2.42. The van der Waals surface area contributed by atoms with E-state index in [1.807, 2.05) is 0 Å². The first-order chi connectivity index (χ1) is 17.9. The number of nitrogens with zero attached hydrogens (tertiary/aromatic N) is 1. The molecule has 0 bridgehead atoms. The predicted molar refractivity (Wildman–Crippen MR) is 151 cm³/mol. The van der Waals surface area contributed by atoms with Gasteiger partial charge >= 0.3 is 0 Å². The monoisotopic (exact) mass is 457 g/mol. The predicted octanol–water partition coefficient (Wildman–Crippen LogP) is 9.10. The fourth-order valence-corrected chi connectivity index (χ4v) is 6.43. The van der Waals surface area contributed by atoms with Crippen LogP contribution >= 0.6 is 0 Å². The number of para-hydroxylation sites is 2. The van der Waals surface area contributed by atoms with Gasteiger partial charge in [0.1, 0.15) is 0 Å². The Labute approximate surface area is 209 Å². The average molecular weight is 458 g/mol. The Morgan fingerprint density at radius 2 is 1.17 bits per heavy atom. The normalized spacial score (nSPS) is 14.4. The van der Waals surface area contributed by atoms with Crippen molar-refractivity contribution >= 4 is 32.6 Å². The summed E-state index contributed by atoms with van der Waals surface area (Å²) in [5, 5.41) is 5.32. The largest absolute Gasteiger partial charge is 0.309 e. The highest BCUT2D eigenvalue weighted by atomic mass is 15.0. The molecule has 0 amide bonds. The second-order valence-corrected chi connectivity index (χ2v) is 9.70. The van der Waals surface area contributed by atoms with Crippen molar-refractivity contribution in [2.45, 2.75) is 5.92 Å². The van der Waals surface area contributed by atoms with E-state index >= 15 is 0 Å². The summed E-state index contributed by atoms with van der Waals surface area (Å²) in [4.78, 5) is 0. The molecule has 1 aromatic heterocycles. The molecule has 7 aromatic rings. The molecule has 0 saturated carbocycles. The van der Waals surface area contributed by atoms with E-state index in [1.165, 1.54) is 66.1 Å². The summed E-state index contributed by atoms with van der Waals surface area (Å²) in [6, 6.07) is 48.8. The highest BCUT2D eigenvalue weighted by molar-refractivity contribution is 6.23. The third kappa shape index (κ3) is 2.60. The summed E-state index contributed by atoms with van der Waals surface area (Å²) in [5.41, 5.74) is 10.6. The SMILES string of the molecule is c1ccc(C2c3ccccc3-c3ccc4ccc5c(c6ccccc6n5-c5ccccc5)c4c32)cc1. The Morgan fingerprint density at radius 1 is 0.472 bits per heavy atom. The van der Waals surface area contributed by atoms with Crippen LogP contribution in [0.4, 0.5) is 0 Å². The lowest BCUT2D eigenvalue weighted by atomic mass is 9.85. The van der Waals surface area contributed by atoms with E-state index in [9.17, 15) is 0 Å². The van der Waals surface area contributed by atoms with E-state index < -0.39 is 0 Å². The molecule has 1 unspecified atom stereocenters. The maximum atomic E-state index is 2.42. The lowest BCUT2D eigenvalue weighted by Crippen LogP contribution is -2.00. The second kappa shape index (κ2) is 7.44. The molecule has 6 aromatic carbocycles. The minimum Gasteiger partial charge on any atom is -0.309 e. The summed E-state index contributed by atoms with van der Waals surface area (Å²) in [6.45, 7) is 0. The van der Waals surface area contributed by atoms with Gasteiger partial charge in [0.25, 0.3) is 0 Å². The number of fused-ring (bicyclic) bond motifs is 9. The Hall–Kier alpha value is -4.62. The molecule has 1 atom stereocenters. The Bertz CT molecular complexity index is 1930. The van der Waals surface area contributed by atoms with Crippen LogP contribution < -0.4 is 0 Å². The topological polar surface area (TPSA) is 4.93 Å². The van der Waals surface area contributed by atoms with Crippen LogP contribution in [0.3, 0.4) is 0 Å². The van der Waals surface area contributed by atoms with Gasteiger partial charge in [-0.1, -0.05) is 109 Å². The zero-order valence-electron chi connectivity index (χ0n) is 19.7. The molecule has 0 radical (unpaired) electrons. The molecule has 0 saturated heterocycles. The van der Waals surface area contributed by atoms with Crippen LogP contribution in [0.1, 0.15) is 22.6 Å². The van der Waals surface area contributed by atoms with E-state index in [1.54, 1.807) is 0 Å². The third-order valence-corrected chi connectivity index (χ3v) is 7.86. The molecular formula is C35H23N. The number of hydrogen-bond acceptors (Lipinski definition) is 0. The molecule has 1 aliphatic carbocycles. The molecule has 0 spiro atoms.